The van der Waals surface area contributed by atoms with Crippen LogP contribution in [0.1, 0.15) is 16.1 Å². The largest absolute Gasteiger partial charge is 0.497 e. The van der Waals surface area contributed by atoms with E-state index >= 15 is 0 Å². The Kier molecular flexibility index (Phi) is 7.55. The van der Waals surface area contributed by atoms with E-state index in [0.717, 1.165) is 0 Å². The number of hydrogen-bond acceptors (Lipinski definition) is 7. The molecule has 0 aliphatic heterocycles. The van der Waals surface area contributed by atoms with Gasteiger partial charge in [-0.1, -0.05) is 18.2 Å². The SMILES string of the molecule is COc1ccc(S(=O)(=O)Oc2ccccc2CN(CCN(C)C)C(=O)c2ccco2)cc1. The Hall–Kier alpha value is -3.30. The number of furan rings is 1. The summed E-state index contributed by atoms with van der Waals surface area (Å²) in [5.74, 6) is 0.625. The lowest BCUT2D eigenvalue weighted by atomic mass is 10.2. The number of likely N-dealkylation sites (N-methyl/N-ethyl adjacent to an activating group) is 1. The zero-order valence-corrected chi connectivity index (χ0v) is 19.0. The van der Waals surface area contributed by atoms with E-state index < -0.39 is 10.1 Å². The van der Waals surface area contributed by atoms with Crippen LogP contribution in [0.15, 0.2) is 76.2 Å². The molecule has 2 aromatic carbocycles. The molecule has 1 heterocycles. The van der Waals surface area contributed by atoms with Gasteiger partial charge in [-0.25, -0.2) is 0 Å². The fourth-order valence-electron chi connectivity index (χ4n) is 2.96. The minimum absolute atomic E-state index is 0.00392. The molecule has 0 saturated heterocycles. The molecule has 1 aromatic heterocycles. The number of para-hydroxylation sites is 1. The van der Waals surface area contributed by atoms with Gasteiger partial charge in [0.05, 0.1) is 13.4 Å². The number of amides is 1. The van der Waals surface area contributed by atoms with E-state index in [0.29, 0.717) is 24.4 Å². The van der Waals surface area contributed by atoms with Gasteiger partial charge in [0, 0.05) is 25.2 Å². The van der Waals surface area contributed by atoms with Crippen molar-refractivity contribution in [3.8, 4) is 11.5 Å². The number of rotatable bonds is 10. The molecule has 0 spiro atoms. The molecule has 9 heteroatoms. The summed E-state index contributed by atoms with van der Waals surface area (Å²) < 4.78 is 41.4. The van der Waals surface area contributed by atoms with Gasteiger partial charge in [-0.2, -0.15) is 8.42 Å². The van der Waals surface area contributed by atoms with Crippen molar-refractivity contribution >= 4 is 16.0 Å². The van der Waals surface area contributed by atoms with Gasteiger partial charge in [0.1, 0.15) is 16.4 Å². The minimum Gasteiger partial charge on any atom is -0.497 e. The number of benzene rings is 2. The molecule has 170 valence electrons. The highest BCUT2D eigenvalue weighted by molar-refractivity contribution is 7.87. The Labute approximate surface area is 188 Å². The third-order valence-electron chi connectivity index (χ3n) is 4.72. The fraction of sp³-hybridized carbons (Fsp3) is 0.261. The highest BCUT2D eigenvalue weighted by Gasteiger charge is 2.23. The number of carbonyl (C=O) groups is 1. The molecule has 0 fully saturated rings. The summed E-state index contributed by atoms with van der Waals surface area (Å²) in [5, 5.41) is 0. The van der Waals surface area contributed by atoms with Gasteiger partial charge < -0.3 is 23.1 Å². The van der Waals surface area contributed by atoms with Crippen LogP contribution in [0.3, 0.4) is 0 Å². The van der Waals surface area contributed by atoms with Crippen molar-refractivity contribution in [2.24, 2.45) is 0 Å². The molecule has 0 saturated carbocycles. The third-order valence-corrected chi connectivity index (χ3v) is 5.97. The van der Waals surface area contributed by atoms with Crippen LogP contribution >= 0.6 is 0 Å². The van der Waals surface area contributed by atoms with Crippen molar-refractivity contribution in [1.82, 2.24) is 9.80 Å². The first-order valence-electron chi connectivity index (χ1n) is 9.94. The lowest BCUT2D eigenvalue weighted by molar-refractivity contribution is 0.0699. The lowest BCUT2D eigenvalue weighted by Gasteiger charge is -2.24. The Morgan fingerprint density at radius 2 is 1.69 bits per heavy atom. The number of ether oxygens (including phenoxy) is 1. The maximum atomic E-state index is 12.9. The minimum atomic E-state index is -4.07. The lowest BCUT2D eigenvalue weighted by Crippen LogP contribution is -2.36. The number of carbonyl (C=O) groups excluding carboxylic acids is 1. The number of hydrogen-bond donors (Lipinski definition) is 0. The highest BCUT2D eigenvalue weighted by atomic mass is 32.2. The van der Waals surface area contributed by atoms with Crippen LogP contribution in [-0.4, -0.2) is 58.4 Å². The van der Waals surface area contributed by atoms with E-state index in [4.69, 9.17) is 13.3 Å². The average Bonchev–Trinajstić information content (AvgIpc) is 3.32. The second-order valence-electron chi connectivity index (χ2n) is 7.33. The summed E-state index contributed by atoms with van der Waals surface area (Å²) in [5.41, 5.74) is 0.559. The molecule has 0 unspecified atom stereocenters. The Morgan fingerprint density at radius 3 is 2.31 bits per heavy atom. The van der Waals surface area contributed by atoms with E-state index in [-0.39, 0.29) is 28.9 Å². The van der Waals surface area contributed by atoms with Crippen LogP contribution in [0.2, 0.25) is 0 Å². The summed E-state index contributed by atoms with van der Waals surface area (Å²) in [7, 11) is 1.25. The van der Waals surface area contributed by atoms with Crippen LogP contribution in [0, 0.1) is 0 Å². The fourth-order valence-corrected chi connectivity index (χ4v) is 3.92. The zero-order chi connectivity index (χ0) is 23.1. The van der Waals surface area contributed by atoms with E-state index in [1.54, 1.807) is 53.4 Å². The molecular formula is C23H26N2O6S. The van der Waals surface area contributed by atoms with Crippen LogP contribution < -0.4 is 8.92 Å². The predicted molar refractivity (Wildman–Crippen MR) is 119 cm³/mol. The number of methoxy groups -OCH3 is 1. The molecule has 0 aliphatic rings. The van der Waals surface area contributed by atoms with Crippen LogP contribution in [-0.2, 0) is 16.7 Å². The van der Waals surface area contributed by atoms with Gasteiger partial charge in [-0.15, -0.1) is 0 Å². The van der Waals surface area contributed by atoms with Crippen molar-refractivity contribution in [3.63, 3.8) is 0 Å². The monoisotopic (exact) mass is 458 g/mol. The van der Waals surface area contributed by atoms with Gasteiger partial charge in [0.2, 0.25) is 0 Å². The van der Waals surface area contributed by atoms with E-state index in [1.165, 1.54) is 25.5 Å². The third kappa shape index (κ3) is 5.89. The van der Waals surface area contributed by atoms with Crippen molar-refractivity contribution < 1.29 is 26.5 Å². The Morgan fingerprint density at radius 1 is 0.969 bits per heavy atom. The van der Waals surface area contributed by atoms with Crippen molar-refractivity contribution in [2.75, 3.05) is 34.3 Å². The van der Waals surface area contributed by atoms with Gasteiger partial charge in [0.25, 0.3) is 5.91 Å². The van der Waals surface area contributed by atoms with E-state index in [1.807, 2.05) is 19.0 Å². The summed E-state index contributed by atoms with van der Waals surface area (Å²) in [4.78, 5) is 16.5. The molecule has 8 nitrogen and oxygen atoms in total. The van der Waals surface area contributed by atoms with Crippen molar-refractivity contribution in [3.05, 3.63) is 78.3 Å². The highest BCUT2D eigenvalue weighted by Crippen LogP contribution is 2.26. The van der Waals surface area contributed by atoms with Crippen molar-refractivity contribution in [1.29, 1.82) is 0 Å². The van der Waals surface area contributed by atoms with Gasteiger partial charge in [-0.3, -0.25) is 4.79 Å². The molecule has 0 radical (unpaired) electrons. The van der Waals surface area contributed by atoms with Crippen LogP contribution in [0.5, 0.6) is 11.5 Å². The van der Waals surface area contributed by atoms with Crippen molar-refractivity contribution in [2.45, 2.75) is 11.4 Å². The molecular weight excluding hydrogens is 432 g/mol. The summed E-state index contributed by atoms with van der Waals surface area (Å²) in [6.07, 6.45) is 1.44. The Balaban J connectivity index is 1.85. The van der Waals surface area contributed by atoms with Crippen LogP contribution in [0.4, 0.5) is 0 Å². The molecule has 3 rings (SSSR count). The van der Waals surface area contributed by atoms with Gasteiger partial charge >= 0.3 is 10.1 Å². The summed E-state index contributed by atoms with van der Waals surface area (Å²) >= 11 is 0. The molecule has 0 atom stereocenters. The van der Waals surface area contributed by atoms with E-state index in [9.17, 15) is 13.2 Å². The maximum absolute atomic E-state index is 12.9. The molecule has 1 amide bonds. The predicted octanol–water partition coefficient (Wildman–Crippen LogP) is 3.26. The molecule has 0 N–H and O–H groups in total. The zero-order valence-electron chi connectivity index (χ0n) is 18.2. The molecule has 32 heavy (non-hydrogen) atoms. The second-order valence-corrected chi connectivity index (χ2v) is 8.87. The quantitative estimate of drug-likeness (QED) is 0.431. The summed E-state index contributed by atoms with van der Waals surface area (Å²) in [6.45, 7) is 1.20. The second kappa shape index (κ2) is 10.3. The first-order valence-corrected chi connectivity index (χ1v) is 11.3. The average molecular weight is 459 g/mol. The standard InChI is InChI=1S/C23H26N2O6S/c1-24(2)14-15-25(23(26)22-9-6-16-30-22)17-18-7-4-5-8-21(18)31-32(27,28)20-12-10-19(29-3)11-13-20/h4-13,16H,14-15,17H2,1-3H3. The molecule has 0 bridgehead atoms. The van der Waals surface area contributed by atoms with Gasteiger partial charge in [-0.05, 0) is 56.6 Å². The summed E-state index contributed by atoms with van der Waals surface area (Å²) in [6, 6.07) is 15.9. The normalized spacial score (nSPS) is 11.4. The smallest absolute Gasteiger partial charge is 0.339 e. The molecule has 3 aromatic rings. The van der Waals surface area contributed by atoms with Gasteiger partial charge in [0.15, 0.2) is 5.76 Å². The number of nitrogens with zero attached hydrogens (tertiary/aromatic N) is 2. The first-order chi connectivity index (χ1) is 15.3. The topological polar surface area (TPSA) is 89.3 Å². The first kappa shape index (κ1) is 23.4. The maximum Gasteiger partial charge on any atom is 0.339 e. The van der Waals surface area contributed by atoms with Crippen LogP contribution in [0.25, 0.3) is 0 Å². The Bertz CT molecular complexity index is 1130. The molecule has 0 aliphatic carbocycles. The van der Waals surface area contributed by atoms with E-state index in [2.05, 4.69) is 0 Å².